The summed E-state index contributed by atoms with van der Waals surface area (Å²) in [6, 6.07) is 15.0. The Bertz CT molecular complexity index is 663. The minimum absolute atomic E-state index is 0.291. The predicted octanol–water partition coefficient (Wildman–Crippen LogP) is 5.26. The van der Waals surface area contributed by atoms with E-state index in [2.05, 4.69) is 24.5 Å². The molecular formula is C18H19ClN2O. The van der Waals surface area contributed by atoms with Crippen LogP contribution in [0.15, 0.2) is 54.7 Å². The molecule has 2 rings (SSSR count). The molecule has 114 valence electrons. The standard InChI is InChI=1S/C18H19ClN2O/c1-13(2)14-7-9-16(10-8-14)21-18(22)20-12-11-15-5-3-4-6-17(15)19/h3-13H,1-2H3,(H2,20,21,22)/b12-11+. The molecule has 0 fully saturated rings. The molecule has 0 radical (unpaired) electrons. The van der Waals surface area contributed by atoms with Gasteiger partial charge in [-0.25, -0.2) is 4.79 Å². The minimum Gasteiger partial charge on any atom is -0.314 e. The summed E-state index contributed by atoms with van der Waals surface area (Å²) in [6.45, 7) is 4.27. The summed E-state index contributed by atoms with van der Waals surface area (Å²) in [5.41, 5.74) is 2.85. The van der Waals surface area contributed by atoms with Crippen molar-refractivity contribution in [2.75, 3.05) is 5.32 Å². The topological polar surface area (TPSA) is 41.1 Å². The number of benzene rings is 2. The first-order valence-electron chi connectivity index (χ1n) is 7.15. The highest BCUT2D eigenvalue weighted by Gasteiger charge is 2.01. The smallest absolute Gasteiger partial charge is 0.314 e. The van der Waals surface area contributed by atoms with E-state index in [0.29, 0.717) is 10.9 Å². The van der Waals surface area contributed by atoms with Crippen LogP contribution in [0.4, 0.5) is 10.5 Å². The minimum atomic E-state index is -0.291. The van der Waals surface area contributed by atoms with Gasteiger partial charge in [0.15, 0.2) is 0 Å². The molecule has 0 saturated heterocycles. The number of halogens is 1. The Hall–Kier alpha value is -2.26. The van der Waals surface area contributed by atoms with E-state index < -0.39 is 0 Å². The molecule has 0 aliphatic heterocycles. The number of amides is 2. The fourth-order valence-corrected chi connectivity index (χ4v) is 2.13. The molecule has 22 heavy (non-hydrogen) atoms. The lowest BCUT2D eigenvalue weighted by atomic mass is 10.0. The van der Waals surface area contributed by atoms with Gasteiger partial charge in [0, 0.05) is 16.9 Å². The van der Waals surface area contributed by atoms with Crippen molar-refractivity contribution in [3.8, 4) is 0 Å². The summed E-state index contributed by atoms with van der Waals surface area (Å²) < 4.78 is 0. The summed E-state index contributed by atoms with van der Waals surface area (Å²) in [7, 11) is 0. The van der Waals surface area contributed by atoms with Gasteiger partial charge in [0.05, 0.1) is 0 Å². The fraction of sp³-hybridized carbons (Fsp3) is 0.167. The lowest BCUT2D eigenvalue weighted by Gasteiger charge is -2.08. The van der Waals surface area contributed by atoms with Crippen LogP contribution in [0.25, 0.3) is 6.08 Å². The van der Waals surface area contributed by atoms with E-state index in [0.717, 1.165) is 11.3 Å². The quantitative estimate of drug-likeness (QED) is 0.794. The van der Waals surface area contributed by atoms with E-state index in [1.807, 2.05) is 42.5 Å². The normalized spacial score (nSPS) is 10.9. The number of rotatable bonds is 4. The van der Waals surface area contributed by atoms with Gasteiger partial charge in [-0.3, -0.25) is 0 Å². The number of carbonyl (C=O) groups excluding carboxylic acids is 1. The maximum atomic E-state index is 11.8. The van der Waals surface area contributed by atoms with Crippen molar-refractivity contribution in [3.63, 3.8) is 0 Å². The Morgan fingerprint density at radius 2 is 1.77 bits per heavy atom. The highest BCUT2D eigenvalue weighted by Crippen LogP contribution is 2.17. The first-order valence-corrected chi connectivity index (χ1v) is 7.52. The zero-order chi connectivity index (χ0) is 15.9. The molecule has 0 unspecified atom stereocenters. The summed E-state index contributed by atoms with van der Waals surface area (Å²) in [5, 5.41) is 6.07. The maximum absolute atomic E-state index is 11.8. The molecule has 0 aliphatic carbocycles. The largest absolute Gasteiger partial charge is 0.323 e. The van der Waals surface area contributed by atoms with Gasteiger partial charge in [-0.2, -0.15) is 0 Å². The van der Waals surface area contributed by atoms with E-state index in [4.69, 9.17) is 11.6 Å². The molecule has 0 bridgehead atoms. The second-order valence-corrected chi connectivity index (χ2v) is 5.64. The number of hydrogen-bond acceptors (Lipinski definition) is 1. The molecule has 0 spiro atoms. The summed E-state index contributed by atoms with van der Waals surface area (Å²) in [5.74, 6) is 0.474. The van der Waals surface area contributed by atoms with Crippen molar-refractivity contribution >= 4 is 29.4 Å². The Morgan fingerprint density at radius 3 is 2.41 bits per heavy atom. The molecule has 3 nitrogen and oxygen atoms in total. The molecule has 0 saturated carbocycles. The van der Waals surface area contributed by atoms with E-state index >= 15 is 0 Å². The van der Waals surface area contributed by atoms with E-state index in [1.165, 1.54) is 5.56 Å². The number of nitrogens with one attached hydrogen (secondary N) is 2. The summed E-state index contributed by atoms with van der Waals surface area (Å²) in [4.78, 5) is 11.8. The van der Waals surface area contributed by atoms with Crippen LogP contribution in [0, 0.1) is 0 Å². The molecule has 2 aromatic rings. The van der Waals surface area contributed by atoms with Gasteiger partial charge in [-0.05, 0) is 41.3 Å². The zero-order valence-electron chi connectivity index (χ0n) is 12.6. The Morgan fingerprint density at radius 1 is 1.09 bits per heavy atom. The molecule has 2 N–H and O–H groups in total. The van der Waals surface area contributed by atoms with Crippen LogP contribution in [-0.4, -0.2) is 6.03 Å². The third-order valence-corrected chi connectivity index (χ3v) is 3.56. The van der Waals surface area contributed by atoms with Crippen LogP contribution in [0.3, 0.4) is 0 Å². The molecule has 0 aromatic heterocycles. The second kappa shape index (κ2) is 7.66. The van der Waals surface area contributed by atoms with E-state index in [-0.39, 0.29) is 6.03 Å². The third-order valence-electron chi connectivity index (χ3n) is 3.22. The monoisotopic (exact) mass is 314 g/mol. The Labute approximate surface area is 136 Å². The van der Waals surface area contributed by atoms with Crippen molar-refractivity contribution < 1.29 is 4.79 Å². The SMILES string of the molecule is CC(C)c1ccc(NC(=O)N/C=C/c2ccccc2Cl)cc1. The van der Waals surface area contributed by atoms with Gasteiger partial charge in [-0.15, -0.1) is 0 Å². The van der Waals surface area contributed by atoms with Crippen LogP contribution in [0.2, 0.25) is 5.02 Å². The molecule has 4 heteroatoms. The highest BCUT2D eigenvalue weighted by molar-refractivity contribution is 6.32. The Balaban J connectivity index is 1.89. The van der Waals surface area contributed by atoms with Gasteiger partial charge in [0.1, 0.15) is 0 Å². The van der Waals surface area contributed by atoms with Crippen LogP contribution < -0.4 is 10.6 Å². The van der Waals surface area contributed by atoms with Crippen LogP contribution in [-0.2, 0) is 0 Å². The van der Waals surface area contributed by atoms with Gasteiger partial charge >= 0.3 is 6.03 Å². The first kappa shape index (κ1) is 16.1. The van der Waals surface area contributed by atoms with Crippen LogP contribution in [0.1, 0.15) is 30.9 Å². The van der Waals surface area contributed by atoms with Crippen LogP contribution in [0.5, 0.6) is 0 Å². The summed E-state index contributed by atoms with van der Waals surface area (Å²) >= 11 is 6.03. The maximum Gasteiger partial charge on any atom is 0.323 e. The van der Waals surface area contributed by atoms with E-state index in [9.17, 15) is 4.79 Å². The molecule has 0 aliphatic rings. The van der Waals surface area contributed by atoms with Crippen molar-refractivity contribution in [1.29, 1.82) is 0 Å². The number of hydrogen-bond donors (Lipinski definition) is 2. The average Bonchev–Trinajstić information content (AvgIpc) is 2.50. The molecule has 0 atom stereocenters. The van der Waals surface area contributed by atoms with Gasteiger partial charge in [0.2, 0.25) is 0 Å². The van der Waals surface area contributed by atoms with Crippen molar-refractivity contribution in [2.45, 2.75) is 19.8 Å². The molecule has 2 aromatic carbocycles. The Kier molecular flexibility index (Phi) is 5.61. The lowest BCUT2D eigenvalue weighted by molar-refractivity contribution is 0.255. The second-order valence-electron chi connectivity index (χ2n) is 5.23. The van der Waals surface area contributed by atoms with Gasteiger partial charge in [-0.1, -0.05) is 55.8 Å². The zero-order valence-corrected chi connectivity index (χ0v) is 13.4. The molecular weight excluding hydrogens is 296 g/mol. The highest BCUT2D eigenvalue weighted by atomic mass is 35.5. The fourth-order valence-electron chi connectivity index (χ4n) is 1.94. The van der Waals surface area contributed by atoms with Gasteiger partial charge < -0.3 is 10.6 Å². The van der Waals surface area contributed by atoms with Crippen molar-refractivity contribution in [2.24, 2.45) is 0 Å². The summed E-state index contributed by atoms with van der Waals surface area (Å²) in [6.07, 6.45) is 3.32. The van der Waals surface area contributed by atoms with Crippen molar-refractivity contribution in [1.82, 2.24) is 5.32 Å². The number of urea groups is 1. The van der Waals surface area contributed by atoms with Crippen LogP contribution >= 0.6 is 11.6 Å². The first-order chi connectivity index (χ1) is 10.6. The van der Waals surface area contributed by atoms with Crippen molar-refractivity contribution in [3.05, 3.63) is 70.9 Å². The number of carbonyl (C=O) groups is 1. The lowest BCUT2D eigenvalue weighted by Crippen LogP contribution is -2.23. The molecule has 2 amide bonds. The average molecular weight is 315 g/mol. The van der Waals surface area contributed by atoms with E-state index in [1.54, 1.807) is 18.3 Å². The van der Waals surface area contributed by atoms with Gasteiger partial charge in [0.25, 0.3) is 0 Å². The molecule has 0 heterocycles. The third kappa shape index (κ3) is 4.64. The predicted molar refractivity (Wildman–Crippen MR) is 93.2 cm³/mol. The number of anilines is 1.